The van der Waals surface area contributed by atoms with E-state index in [2.05, 4.69) is 91.7 Å². The number of hydrogen-bond donors (Lipinski definition) is 2. The molecule has 2 N–H and O–H groups in total. The molecule has 2 aliphatic heterocycles. The molecular formula is C37H44N6O2. The minimum Gasteiger partial charge on any atom is -0.340 e. The normalized spacial score (nSPS) is 19.9. The van der Waals surface area contributed by atoms with Crippen LogP contribution < -0.4 is 0 Å². The molecule has 2 fully saturated rings. The summed E-state index contributed by atoms with van der Waals surface area (Å²) >= 11 is 0. The number of imidazole rings is 2. The third kappa shape index (κ3) is 6.83. The number of aromatic amines is 2. The molecule has 8 nitrogen and oxygen atoms in total. The van der Waals surface area contributed by atoms with E-state index in [-0.39, 0.29) is 23.9 Å². The molecule has 0 bridgehead atoms. The molecule has 4 aromatic rings. The smallest absolute Gasteiger partial charge is 0.223 e. The number of hydrogen-bond acceptors (Lipinski definition) is 4. The number of rotatable bonds is 7. The Balaban J connectivity index is 1.15. The zero-order valence-corrected chi connectivity index (χ0v) is 27.1. The van der Waals surface area contributed by atoms with Crippen molar-refractivity contribution >= 4 is 22.6 Å². The van der Waals surface area contributed by atoms with Crippen LogP contribution in [0, 0.1) is 29.6 Å². The summed E-state index contributed by atoms with van der Waals surface area (Å²) in [4.78, 5) is 45.8. The van der Waals surface area contributed by atoms with Gasteiger partial charge in [0.15, 0.2) is 0 Å². The first kappa shape index (κ1) is 30.6. The zero-order chi connectivity index (χ0) is 31.7. The van der Waals surface area contributed by atoms with Gasteiger partial charge in [-0.2, -0.15) is 0 Å². The van der Waals surface area contributed by atoms with Gasteiger partial charge in [-0.05, 0) is 71.9 Å². The molecule has 4 heterocycles. The summed E-state index contributed by atoms with van der Waals surface area (Å²) in [7, 11) is 0. The molecule has 2 saturated heterocycles. The molecule has 45 heavy (non-hydrogen) atoms. The summed E-state index contributed by atoms with van der Waals surface area (Å²) in [5.74, 6) is 9.73. The van der Waals surface area contributed by atoms with Crippen molar-refractivity contribution in [3.63, 3.8) is 0 Å². The van der Waals surface area contributed by atoms with Gasteiger partial charge in [-0.15, -0.1) is 0 Å². The molecule has 2 aromatic carbocycles. The molecule has 234 valence electrons. The Morgan fingerprint density at radius 3 is 2.33 bits per heavy atom. The standard InChI is InChI=1S/C37H44N6O2/c1-23(2)15-34(44)42-14-6-7-32(42)36-39-21-31(41-36)29-12-11-27-18-26(8-10-28(27)19-29)9-13-30-20-38-37(40-30)33-17-25(5)22-43(33)35(45)16-24(3)4/h8,10-12,18-21,23-25,32-33H,6-7,14-17,22H2,1-5H3,(H,38,40)(H,39,41)/t25-,32+,33+/m1/s1. The van der Waals surface area contributed by atoms with Gasteiger partial charge in [0.1, 0.15) is 17.3 Å². The molecule has 0 aliphatic carbocycles. The maximum atomic E-state index is 12.9. The van der Waals surface area contributed by atoms with Gasteiger partial charge in [0, 0.05) is 37.1 Å². The van der Waals surface area contributed by atoms with Crippen LogP contribution in [0.1, 0.15) is 102 Å². The van der Waals surface area contributed by atoms with Crippen LogP contribution in [0.15, 0.2) is 48.8 Å². The Hall–Kier alpha value is -4.38. The van der Waals surface area contributed by atoms with Crippen LogP contribution in [0.5, 0.6) is 0 Å². The topological polar surface area (TPSA) is 98.0 Å². The van der Waals surface area contributed by atoms with Gasteiger partial charge in [0.2, 0.25) is 11.8 Å². The molecule has 0 radical (unpaired) electrons. The quantitative estimate of drug-likeness (QED) is 0.222. The van der Waals surface area contributed by atoms with Gasteiger partial charge in [0.25, 0.3) is 0 Å². The average Bonchev–Trinajstić information content (AvgIpc) is 3.81. The summed E-state index contributed by atoms with van der Waals surface area (Å²) in [5, 5.41) is 2.23. The number of nitrogens with one attached hydrogen (secondary N) is 2. The highest BCUT2D eigenvalue weighted by Gasteiger charge is 2.36. The lowest BCUT2D eigenvalue weighted by atomic mass is 10.0. The van der Waals surface area contributed by atoms with Gasteiger partial charge >= 0.3 is 0 Å². The van der Waals surface area contributed by atoms with Crippen molar-refractivity contribution in [1.82, 2.24) is 29.7 Å². The van der Waals surface area contributed by atoms with E-state index < -0.39 is 0 Å². The number of likely N-dealkylation sites (tertiary alicyclic amines) is 2. The van der Waals surface area contributed by atoms with Crippen molar-refractivity contribution in [2.75, 3.05) is 13.1 Å². The fraction of sp³-hybridized carbons (Fsp3) is 0.459. The maximum absolute atomic E-state index is 12.9. The summed E-state index contributed by atoms with van der Waals surface area (Å²) in [5.41, 5.74) is 3.68. The van der Waals surface area contributed by atoms with E-state index >= 15 is 0 Å². The first-order valence-electron chi connectivity index (χ1n) is 16.4. The van der Waals surface area contributed by atoms with Crippen molar-refractivity contribution < 1.29 is 9.59 Å². The second-order valence-corrected chi connectivity index (χ2v) is 13.7. The number of aromatic nitrogens is 4. The minimum atomic E-state index is -0.0212. The van der Waals surface area contributed by atoms with Gasteiger partial charge < -0.3 is 19.8 Å². The molecular weight excluding hydrogens is 560 g/mol. The van der Waals surface area contributed by atoms with Crippen LogP contribution in [0.2, 0.25) is 0 Å². The highest BCUT2D eigenvalue weighted by atomic mass is 16.2. The number of nitrogens with zero attached hydrogens (tertiary/aromatic N) is 4. The number of amides is 2. The Kier molecular flexibility index (Phi) is 8.80. The SMILES string of the molecule is CC(C)CC(=O)N1C[C@H](C)C[C@H]1c1ncc(C#Cc2ccc3cc(-c4cnc([C@@H]5CCCN5C(=O)CC(C)C)[nH]4)ccc3c2)[nH]1. The van der Waals surface area contributed by atoms with Gasteiger partial charge in [-0.25, -0.2) is 9.97 Å². The summed E-state index contributed by atoms with van der Waals surface area (Å²) in [6.45, 7) is 12.1. The van der Waals surface area contributed by atoms with E-state index in [0.29, 0.717) is 30.6 Å². The Morgan fingerprint density at radius 2 is 1.56 bits per heavy atom. The van der Waals surface area contributed by atoms with E-state index in [1.165, 1.54) is 0 Å². The third-order valence-electron chi connectivity index (χ3n) is 8.88. The zero-order valence-electron chi connectivity index (χ0n) is 27.1. The minimum absolute atomic E-state index is 0.0190. The molecule has 0 unspecified atom stereocenters. The lowest BCUT2D eigenvalue weighted by Crippen LogP contribution is -2.32. The van der Waals surface area contributed by atoms with Crippen molar-refractivity contribution in [2.24, 2.45) is 17.8 Å². The van der Waals surface area contributed by atoms with E-state index in [0.717, 1.165) is 77.3 Å². The Labute approximate surface area is 266 Å². The molecule has 2 aliphatic rings. The fourth-order valence-corrected chi connectivity index (χ4v) is 6.72. The van der Waals surface area contributed by atoms with Gasteiger partial charge in [-0.3, -0.25) is 9.59 Å². The molecule has 8 heteroatoms. The highest BCUT2D eigenvalue weighted by Crippen LogP contribution is 2.35. The number of H-pyrrole nitrogens is 2. The number of benzene rings is 2. The average molecular weight is 605 g/mol. The fourth-order valence-electron chi connectivity index (χ4n) is 6.72. The van der Waals surface area contributed by atoms with E-state index in [9.17, 15) is 9.59 Å². The van der Waals surface area contributed by atoms with E-state index in [4.69, 9.17) is 4.98 Å². The number of carbonyl (C=O) groups excluding carboxylic acids is 2. The summed E-state index contributed by atoms with van der Waals surface area (Å²) < 4.78 is 0. The number of fused-ring (bicyclic) bond motifs is 1. The lowest BCUT2D eigenvalue weighted by molar-refractivity contribution is -0.133. The second kappa shape index (κ2) is 12.9. The predicted molar refractivity (Wildman–Crippen MR) is 177 cm³/mol. The Bertz CT molecular complexity index is 1750. The maximum Gasteiger partial charge on any atom is 0.223 e. The molecule has 0 spiro atoms. The van der Waals surface area contributed by atoms with Crippen LogP contribution in [0.3, 0.4) is 0 Å². The molecule has 2 aromatic heterocycles. The van der Waals surface area contributed by atoms with Gasteiger partial charge in [0.05, 0.1) is 30.2 Å². The summed E-state index contributed by atoms with van der Waals surface area (Å²) in [6, 6.07) is 12.6. The molecule has 0 saturated carbocycles. The van der Waals surface area contributed by atoms with E-state index in [1.54, 1.807) is 6.20 Å². The Morgan fingerprint density at radius 1 is 0.867 bits per heavy atom. The van der Waals surface area contributed by atoms with Crippen LogP contribution in [0.25, 0.3) is 22.0 Å². The predicted octanol–water partition coefficient (Wildman–Crippen LogP) is 7.02. The number of carbonyl (C=O) groups is 2. The van der Waals surface area contributed by atoms with Crippen molar-refractivity contribution in [3.05, 3.63) is 71.7 Å². The first-order chi connectivity index (χ1) is 21.6. The van der Waals surface area contributed by atoms with Crippen molar-refractivity contribution in [3.8, 4) is 23.1 Å². The first-order valence-corrected chi connectivity index (χ1v) is 16.4. The molecule has 2 amide bonds. The van der Waals surface area contributed by atoms with Crippen molar-refractivity contribution in [2.45, 2.75) is 78.8 Å². The third-order valence-corrected chi connectivity index (χ3v) is 8.88. The second-order valence-electron chi connectivity index (χ2n) is 13.7. The summed E-state index contributed by atoms with van der Waals surface area (Å²) in [6.07, 6.45) is 7.64. The lowest BCUT2D eigenvalue weighted by Gasteiger charge is -2.24. The van der Waals surface area contributed by atoms with Crippen molar-refractivity contribution in [1.29, 1.82) is 0 Å². The van der Waals surface area contributed by atoms with Gasteiger partial charge in [-0.1, -0.05) is 58.7 Å². The monoisotopic (exact) mass is 604 g/mol. The van der Waals surface area contributed by atoms with E-state index in [1.807, 2.05) is 22.1 Å². The van der Waals surface area contributed by atoms with Crippen LogP contribution in [0.4, 0.5) is 0 Å². The molecule has 6 rings (SSSR count). The molecule has 3 atom stereocenters. The highest BCUT2D eigenvalue weighted by molar-refractivity contribution is 5.88. The van der Waals surface area contributed by atoms with Crippen LogP contribution in [-0.4, -0.2) is 54.6 Å². The largest absolute Gasteiger partial charge is 0.340 e. The van der Waals surface area contributed by atoms with Crippen LogP contribution in [-0.2, 0) is 9.59 Å². The van der Waals surface area contributed by atoms with Crippen LogP contribution >= 0.6 is 0 Å².